The second-order valence-electron chi connectivity index (χ2n) is 8.24. The van der Waals surface area contributed by atoms with Gasteiger partial charge in [0.1, 0.15) is 11.6 Å². The molecule has 1 N–H and O–H groups in total. The molecule has 1 unspecified atom stereocenters. The summed E-state index contributed by atoms with van der Waals surface area (Å²) in [6, 6.07) is 27.2. The number of benzene rings is 3. The summed E-state index contributed by atoms with van der Waals surface area (Å²) in [5.41, 5.74) is 2.82. The molecule has 4 nitrogen and oxygen atoms in total. The highest BCUT2D eigenvalue weighted by Crippen LogP contribution is 2.21. The third-order valence-corrected chi connectivity index (χ3v) is 5.93. The molecule has 0 aliphatic heterocycles. The average molecular weight is 477 g/mol. The number of nitrogens with one attached hydrogen (secondary N) is 1. The second kappa shape index (κ2) is 11.1. The van der Waals surface area contributed by atoms with E-state index in [0.717, 1.165) is 16.7 Å². The van der Waals surface area contributed by atoms with Gasteiger partial charge < -0.3 is 9.73 Å². The molecule has 1 atom stereocenters. The van der Waals surface area contributed by atoms with E-state index in [1.165, 1.54) is 12.1 Å². The summed E-state index contributed by atoms with van der Waals surface area (Å²) in [5, 5.41) is 3.63. The molecule has 3 aromatic carbocycles. The van der Waals surface area contributed by atoms with E-state index in [9.17, 15) is 9.18 Å². The molecular weight excluding hydrogens is 451 g/mol. The lowest BCUT2D eigenvalue weighted by molar-refractivity contribution is 0.0907. The van der Waals surface area contributed by atoms with E-state index in [-0.39, 0.29) is 23.5 Å². The molecule has 1 aromatic heterocycles. The molecule has 0 saturated heterocycles. The van der Waals surface area contributed by atoms with Gasteiger partial charge in [-0.15, -0.1) is 0 Å². The van der Waals surface area contributed by atoms with E-state index >= 15 is 0 Å². The van der Waals surface area contributed by atoms with Crippen LogP contribution in [0.2, 0.25) is 5.02 Å². The molecule has 6 heteroatoms. The van der Waals surface area contributed by atoms with Crippen LogP contribution in [0.1, 0.15) is 46.0 Å². The van der Waals surface area contributed by atoms with Gasteiger partial charge in [-0.1, -0.05) is 72.3 Å². The van der Waals surface area contributed by atoms with Gasteiger partial charge in [0.05, 0.1) is 12.6 Å². The van der Waals surface area contributed by atoms with Crippen molar-refractivity contribution in [1.29, 1.82) is 0 Å². The molecule has 0 fully saturated rings. The summed E-state index contributed by atoms with van der Waals surface area (Å²) >= 11 is 6.38. The minimum atomic E-state index is -0.278. The highest BCUT2D eigenvalue weighted by Gasteiger charge is 2.17. The van der Waals surface area contributed by atoms with Crippen LogP contribution in [-0.2, 0) is 19.6 Å². The molecular formula is C28H26ClFN2O2. The van der Waals surface area contributed by atoms with Crippen LogP contribution in [0.4, 0.5) is 4.39 Å². The summed E-state index contributed by atoms with van der Waals surface area (Å²) in [6.07, 6.45) is 0. The third-order valence-electron chi connectivity index (χ3n) is 5.56. The number of carbonyl (C=O) groups is 1. The maximum absolute atomic E-state index is 13.8. The van der Waals surface area contributed by atoms with E-state index in [1.807, 2.05) is 67.6 Å². The maximum atomic E-state index is 13.8. The predicted octanol–water partition coefficient (Wildman–Crippen LogP) is 6.77. The van der Waals surface area contributed by atoms with Gasteiger partial charge in [-0.2, -0.15) is 0 Å². The summed E-state index contributed by atoms with van der Waals surface area (Å²) in [6.45, 7) is 3.41. The Hall–Kier alpha value is -3.41. The SMILES string of the molecule is CC(NC(=O)c1ccc(CN(Cc2cccc(F)c2)Cc2ccccc2Cl)o1)c1ccccc1. The van der Waals surface area contributed by atoms with Crippen molar-refractivity contribution in [3.63, 3.8) is 0 Å². The number of carbonyl (C=O) groups excluding carboxylic acids is 1. The van der Waals surface area contributed by atoms with Crippen molar-refractivity contribution in [3.05, 3.63) is 130 Å². The zero-order chi connectivity index (χ0) is 23.9. The van der Waals surface area contributed by atoms with Crippen molar-refractivity contribution < 1.29 is 13.6 Å². The Morgan fingerprint density at radius 2 is 1.71 bits per heavy atom. The molecule has 0 spiro atoms. The van der Waals surface area contributed by atoms with Crippen LogP contribution < -0.4 is 5.32 Å². The van der Waals surface area contributed by atoms with Crippen LogP contribution >= 0.6 is 11.6 Å². The van der Waals surface area contributed by atoms with Crippen molar-refractivity contribution in [2.45, 2.75) is 32.6 Å². The van der Waals surface area contributed by atoms with Gasteiger partial charge in [0.2, 0.25) is 0 Å². The zero-order valence-corrected chi connectivity index (χ0v) is 19.6. The van der Waals surface area contributed by atoms with Crippen LogP contribution in [0, 0.1) is 5.82 Å². The number of amides is 1. The Morgan fingerprint density at radius 1 is 0.941 bits per heavy atom. The fraction of sp³-hybridized carbons (Fsp3) is 0.179. The lowest BCUT2D eigenvalue weighted by Crippen LogP contribution is -2.26. The fourth-order valence-electron chi connectivity index (χ4n) is 3.83. The average Bonchev–Trinajstić information content (AvgIpc) is 3.30. The Morgan fingerprint density at radius 3 is 2.47 bits per heavy atom. The van der Waals surface area contributed by atoms with Gasteiger partial charge >= 0.3 is 0 Å². The molecule has 1 amide bonds. The molecule has 1 heterocycles. The van der Waals surface area contributed by atoms with Crippen LogP contribution in [0.15, 0.2) is 95.4 Å². The summed E-state index contributed by atoms with van der Waals surface area (Å²) in [7, 11) is 0. The predicted molar refractivity (Wildman–Crippen MR) is 132 cm³/mol. The standard InChI is InChI=1S/C28H26ClFN2O2/c1-20(22-9-3-2-4-10-22)31-28(33)27-15-14-25(34-27)19-32(17-21-8-7-12-24(30)16-21)18-23-11-5-6-13-26(23)29/h2-16,20H,17-19H2,1H3,(H,31,33). The second-order valence-corrected chi connectivity index (χ2v) is 8.65. The van der Waals surface area contributed by atoms with Crippen molar-refractivity contribution in [1.82, 2.24) is 10.2 Å². The molecule has 0 saturated carbocycles. The van der Waals surface area contributed by atoms with E-state index in [1.54, 1.807) is 18.2 Å². The number of furan rings is 1. The van der Waals surface area contributed by atoms with Gasteiger partial charge in [0.25, 0.3) is 5.91 Å². The zero-order valence-electron chi connectivity index (χ0n) is 18.9. The largest absolute Gasteiger partial charge is 0.455 e. The summed E-state index contributed by atoms with van der Waals surface area (Å²) in [5.74, 6) is 0.340. The number of rotatable bonds is 9. The maximum Gasteiger partial charge on any atom is 0.287 e. The minimum absolute atomic E-state index is 0.146. The monoisotopic (exact) mass is 476 g/mol. The van der Waals surface area contributed by atoms with Crippen LogP contribution in [0.25, 0.3) is 0 Å². The molecule has 0 aliphatic rings. The third kappa shape index (κ3) is 6.34. The molecule has 0 bridgehead atoms. The number of nitrogens with zero attached hydrogens (tertiary/aromatic N) is 1. The van der Waals surface area contributed by atoms with Crippen LogP contribution in [0.3, 0.4) is 0 Å². The van der Waals surface area contributed by atoms with E-state index in [2.05, 4.69) is 10.2 Å². The first-order valence-electron chi connectivity index (χ1n) is 11.1. The van der Waals surface area contributed by atoms with Crippen LogP contribution in [0.5, 0.6) is 0 Å². The summed E-state index contributed by atoms with van der Waals surface area (Å²) in [4.78, 5) is 14.8. The van der Waals surface area contributed by atoms with Gasteiger partial charge in [-0.25, -0.2) is 4.39 Å². The Balaban J connectivity index is 1.47. The van der Waals surface area contributed by atoms with E-state index < -0.39 is 0 Å². The quantitative estimate of drug-likeness (QED) is 0.290. The van der Waals surface area contributed by atoms with Crippen molar-refractivity contribution in [2.75, 3.05) is 0 Å². The first-order valence-corrected chi connectivity index (χ1v) is 11.5. The number of hydrogen-bond donors (Lipinski definition) is 1. The molecule has 0 radical (unpaired) electrons. The minimum Gasteiger partial charge on any atom is -0.455 e. The van der Waals surface area contributed by atoms with Crippen molar-refractivity contribution in [3.8, 4) is 0 Å². The van der Waals surface area contributed by atoms with E-state index in [0.29, 0.717) is 30.4 Å². The lowest BCUT2D eigenvalue weighted by Gasteiger charge is -2.22. The van der Waals surface area contributed by atoms with Crippen LogP contribution in [-0.4, -0.2) is 10.8 Å². The fourth-order valence-corrected chi connectivity index (χ4v) is 4.02. The Kier molecular flexibility index (Phi) is 7.78. The smallest absolute Gasteiger partial charge is 0.287 e. The highest BCUT2D eigenvalue weighted by molar-refractivity contribution is 6.31. The molecule has 0 aliphatic carbocycles. The topological polar surface area (TPSA) is 45.5 Å². The summed E-state index contributed by atoms with van der Waals surface area (Å²) < 4.78 is 19.6. The Labute approximate surface area is 204 Å². The van der Waals surface area contributed by atoms with Gasteiger partial charge in [-0.3, -0.25) is 9.69 Å². The first kappa shape index (κ1) is 23.7. The highest BCUT2D eigenvalue weighted by atomic mass is 35.5. The van der Waals surface area contributed by atoms with Crippen molar-refractivity contribution >= 4 is 17.5 Å². The van der Waals surface area contributed by atoms with Gasteiger partial charge in [0, 0.05) is 18.1 Å². The molecule has 4 rings (SSSR count). The van der Waals surface area contributed by atoms with E-state index in [4.69, 9.17) is 16.0 Å². The number of halogens is 2. The van der Waals surface area contributed by atoms with Gasteiger partial charge in [0.15, 0.2) is 5.76 Å². The first-order chi connectivity index (χ1) is 16.5. The number of hydrogen-bond acceptors (Lipinski definition) is 3. The molecule has 174 valence electrons. The Bertz CT molecular complexity index is 1240. The molecule has 34 heavy (non-hydrogen) atoms. The normalized spacial score (nSPS) is 12.0. The van der Waals surface area contributed by atoms with Crippen molar-refractivity contribution in [2.24, 2.45) is 0 Å². The molecule has 4 aromatic rings. The lowest BCUT2D eigenvalue weighted by atomic mass is 10.1. The van der Waals surface area contributed by atoms with Gasteiger partial charge in [-0.05, 0) is 53.9 Å².